The molecule has 0 aliphatic carbocycles. The summed E-state index contributed by atoms with van der Waals surface area (Å²) in [6.45, 7) is 1.39. The number of nitrogens with zero attached hydrogens (tertiary/aromatic N) is 2. The van der Waals surface area contributed by atoms with Crippen LogP contribution >= 0.6 is 12.2 Å². The van der Waals surface area contributed by atoms with E-state index in [4.69, 9.17) is 12.2 Å². The van der Waals surface area contributed by atoms with Gasteiger partial charge >= 0.3 is 0 Å². The molecule has 2 aromatic rings. The number of thiocarbonyl (C=S) groups is 1. The molecule has 0 aromatic heterocycles. The monoisotopic (exact) mass is 397 g/mol. The van der Waals surface area contributed by atoms with Crippen molar-refractivity contribution in [1.29, 1.82) is 0 Å². The van der Waals surface area contributed by atoms with Crippen LogP contribution in [-0.2, 0) is 10.0 Å². The predicted octanol–water partition coefficient (Wildman–Crippen LogP) is 2.67. The molecule has 0 amide bonds. The van der Waals surface area contributed by atoms with E-state index in [0.29, 0.717) is 23.9 Å². The first kappa shape index (κ1) is 18.7. The fourth-order valence-electron chi connectivity index (χ4n) is 2.62. The summed E-state index contributed by atoms with van der Waals surface area (Å²) < 4.78 is 52.5. The average molecular weight is 397 g/mol. The molecule has 1 fully saturated rings. The van der Waals surface area contributed by atoms with Crippen LogP contribution < -0.4 is 5.32 Å². The molecule has 0 saturated carbocycles. The predicted molar refractivity (Wildman–Crippen MR) is 99.4 cm³/mol. The standard InChI is InChI=1S/C17H17F2N3O2S2/c18-13-1-5-15(6-2-13)20-17(25)21-9-11-22(12-10-21)26(23,24)16-7-3-14(19)4-8-16/h1-8H,9-12H2,(H,20,25). The van der Waals surface area contributed by atoms with E-state index in [0.717, 1.165) is 12.1 Å². The first-order valence-electron chi connectivity index (χ1n) is 7.93. The number of hydrogen-bond acceptors (Lipinski definition) is 3. The van der Waals surface area contributed by atoms with Crippen molar-refractivity contribution in [2.75, 3.05) is 31.5 Å². The van der Waals surface area contributed by atoms with Crippen LogP contribution in [0.3, 0.4) is 0 Å². The maximum atomic E-state index is 13.0. The fourth-order valence-corrected chi connectivity index (χ4v) is 4.35. The van der Waals surface area contributed by atoms with E-state index >= 15 is 0 Å². The van der Waals surface area contributed by atoms with Gasteiger partial charge in [0.2, 0.25) is 10.0 Å². The minimum Gasteiger partial charge on any atom is -0.346 e. The van der Waals surface area contributed by atoms with Crippen molar-refractivity contribution in [3.63, 3.8) is 0 Å². The molecule has 1 saturated heterocycles. The molecule has 1 N–H and O–H groups in total. The highest BCUT2D eigenvalue weighted by molar-refractivity contribution is 7.89. The number of rotatable bonds is 3. The van der Waals surface area contributed by atoms with Crippen LogP contribution in [-0.4, -0.2) is 48.9 Å². The van der Waals surface area contributed by atoms with Crippen LogP contribution in [0.1, 0.15) is 0 Å². The minimum atomic E-state index is -3.66. The lowest BCUT2D eigenvalue weighted by molar-refractivity contribution is 0.268. The topological polar surface area (TPSA) is 52.7 Å². The number of sulfonamides is 1. The Labute approximate surface area is 156 Å². The zero-order valence-corrected chi connectivity index (χ0v) is 15.4. The highest BCUT2D eigenvalue weighted by atomic mass is 32.2. The van der Waals surface area contributed by atoms with Crippen molar-refractivity contribution in [2.24, 2.45) is 0 Å². The number of piperazine rings is 1. The summed E-state index contributed by atoms with van der Waals surface area (Å²) in [5.41, 5.74) is 0.665. The number of anilines is 1. The lowest BCUT2D eigenvalue weighted by Crippen LogP contribution is -2.51. The number of halogens is 2. The van der Waals surface area contributed by atoms with Crippen LogP contribution in [0.4, 0.5) is 14.5 Å². The van der Waals surface area contributed by atoms with E-state index in [2.05, 4.69) is 5.32 Å². The molecule has 26 heavy (non-hydrogen) atoms. The molecule has 2 aromatic carbocycles. The Bertz CT molecular complexity index is 879. The summed E-state index contributed by atoms with van der Waals surface area (Å²) in [4.78, 5) is 1.93. The van der Waals surface area contributed by atoms with E-state index in [1.165, 1.54) is 28.6 Å². The van der Waals surface area contributed by atoms with Gasteiger partial charge in [0.15, 0.2) is 5.11 Å². The highest BCUT2D eigenvalue weighted by Gasteiger charge is 2.29. The second-order valence-corrected chi connectivity index (χ2v) is 8.11. The van der Waals surface area contributed by atoms with E-state index in [9.17, 15) is 17.2 Å². The third-order valence-corrected chi connectivity index (χ3v) is 6.35. The molecule has 0 atom stereocenters. The van der Waals surface area contributed by atoms with Crippen molar-refractivity contribution in [3.8, 4) is 0 Å². The van der Waals surface area contributed by atoms with Crippen molar-refractivity contribution in [2.45, 2.75) is 4.90 Å². The SMILES string of the molecule is O=S(=O)(c1ccc(F)cc1)N1CCN(C(=S)Nc2ccc(F)cc2)CC1. The maximum absolute atomic E-state index is 13.0. The number of hydrogen-bond donors (Lipinski definition) is 1. The number of benzene rings is 2. The second kappa shape index (κ2) is 7.65. The van der Waals surface area contributed by atoms with Crippen LogP contribution in [0.15, 0.2) is 53.4 Å². The molecular weight excluding hydrogens is 380 g/mol. The summed E-state index contributed by atoms with van der Waals surface area (Å²) >= 11 is 5.34. The van der Waals surface area contributed by atoms with Crippen molar-refractivity contribution >= 4 is 33.0 Å². The number of nitrogens with one attached hydrogen (secondary N) is 1. The van der Waals surface area contributed by atoms with Gasteiger partial charge in [-0.15, -0.1) is 0 Å². The Morgan fingerprint density at radius 1 is 0.885 bits per heavy atom. The summed E-state index contributed by atoms with van der Waals surface area (Å²) in [6, 6.07) is 10.6. The van der Waals surface area contributed by atoms with Gasteiger partial charge in [0.25, 0.3) is 0 Å². The summed E-state index contributed by atoms with van der Waals surface area (Å²) in [5.74, 6) is -0.813. The minimum absolute atomic E-state index is 0.0689. The zero-order valence-electron chi connectivity index (χ0n) is 13.7. The largest absolute Gasteiger partial charge is 0.346 e. The van der Waals surface area contributed by atoms with Gasteiger partial charge in [-0.3, -0.25) is 0 Å². The van der Waals surface area contributed by atoms with Gasteiger partial charge < -0.3 is 10.2 Å². The molecule has 0 spiro atoms. The Kier molecular flexibility index (Phi) is 5.49. The summed E-state index contributed by atoms with van der Waals surface area (Å²) in [6.07, 6.45) is 0. The van der Waals surface area contributed by atoms with Gasteiger partial charge in [0, 0.05) is 31.9 Å². The molecule has 0 bridgehead atoms. The Balaban J connectivity index is 1.60. The van der Waals surface area contributed by atoms with Crippen molar-refractivity contribution in [3.05, 3.63) is 60.2 Å². The second-order valence-electron chi connectivity index (χ2n) is 5.78. The normalized spacial score (nSPS) is 15.7. The zero-order chi connectivity index (χ0) is 18.7. The van der Waals surface area contributed by atoms with Crippen LogP contribution in [0.25, 0.3) is 0 Å². The lowest BCUT2D eigenvalue weighted by Gasteiger charge is -2.35. The first-order chi connectivity index (χ1) is 12.4. The van der Waals surface area contributed by atoms with Gasteiger partial charge in [-0.05, 0) is 60.7 Å². The Morgan fingerprint density at radius 3 is 1.92 bits per heavy atom. The van der Waals surface area contributed by atoms with Gasteiger partial charge in [-0.2, -0.15) is 4.31 Å². The van der Waals surface area contributed by atoms with Gasteiger partial charge in [-0.1, -0.05) is 0 Å². The quantitative estimate of drug-likeness (QED) is 0.807. The van der Waals surface area contributed by atoms with Crippen LogP contribution in [0.5, 0.6) is 0 Å². The van der Waals surface area contributed by atoms with Crippen LogP contribution in [0.2, 0.25) is 0 Å². The van der Waals surface area contributed by atoms with Gasteiger partial charge in [-0.25, -0.2) is 17.2 Å². The molecule has 1 aliphatic rings. The molecule has 1 heterocycles. The Hall–Kier alpha value is -2.10. The molecule has 0 radical (unpaired) electrons. The smallest absolute Gasteiger partial charge is 0.243 e. The molecule has 138 valence electrons. The maximum Gasteiger partial charge on any atom is 0.243 e. The van der Waals surface area contributed by atoms with Gasteiger partial charge in [0.1, 0.15) is 11.6 Å². The lowest BCUT2D eigenvalue weighted by atomic mass is 10.3. The molecule has 0 unspecified atom stereocenters. The van der Waals surface area contributed by atoms with E-state index < -0.39 is 15.8 Å². The van der Waals surface area contributed by atoms with Crippen LogP contribution in [0, 0.1) is 11.6 Å². The molecule has 9 heteroatoms. The fraction of sp³-hybridized carbons (Fsp3) is 0.235. The summed E-state index contributed by atoms with van der Waals surface area (Å²) in [5, 5.41) is 3.47. The van der Waals surface area contributed by atoms with Crippen molar-refractivity contribution < 1.29 is 17.2 Å². The molecule has 1 aliphatic heterocycles. The average Bonchev–Trinajstić information content (AvgIpc) is 2.64. The summed E-state index contributed by atoms with van der Waals surface area (Å²) in [7, 11) is -3.66. The molecule has 3 rings (SSSR count). The third kappa shape index (κ3) is 4.17. The first-order valence-corrected chi connectivity index (χ1v) is 9.78. The van der Waals surface area contributed by atoms with E-state index in [1.54, 1.807) is 12.1 Å². The van der Waals surface area contributed by atoms with E-state index in [1.807, 2.05) is 4.90 Å². The molecule has 5 nitrogen and oxygen atoms in total. The molecular formula is C17H17F2N3O2S2. The third-order valence-electron chi connectivity index (χ3n) is 4.07. The van der Waals surface area contributed by atoms with E-state index in [-0.39, 0.29) is 23.8 Å². The highest BCUT2D eigenvalue weighted by Crippen LogP contribution is 2.18. The van der Waals surface area contributed by atoms with Gasteiger partial charge in [0.05, 0.1) is 4.90 Å². The van der Waals surface area contributed by atoms with Crippen molar-refractivity contribution in [1.82, 2.24) is 9.21 Å². The Morgan fingerprint density at radius 2 is 1.38 bits per heavy atom.